The fourth-order valence-corrected chi connectivity index (χ4v) is 6.71. The first-order valence-corrected chi connectivity index (χ1v) is 15.8. The van der Waals surface area contributed by atoms with Crippen molar-refractivity contribution in [1.29, 1.82) is 0 Å². The lowest BCUT2D eigenvalue weighted by Crippen LogP contribution is -2.37. The molecule has 0 radical (unpaired) electrons. The second-order valence-electron chi connectivity index (χ2n) is 12.7. The Hall–Kier alpha value is -2.02. The highest BCUT2D eigenvalue weighted by Gasteiger charge is 2.39. The summed E-state index contributed by atoms with van der Waals surface area (Å²) in [4.78, 5) is 13.2. The second-order valence-corrected chi connectivity index (χ2v) is 13.9. The third kappa shape index (κ3) is 8.04. The van der Waals surface area contributed by atoms with Gasteiger partial charge >= 0.3 is 0 Å². The van der Waals surface area contributed by atoms with E-state index in [-0.39, 0.29) is 40.3 Å². The maximum absolute atomic E-state index is 13.2. The van der Waals surface area contributed by atoms with Crippen molar-refractivity contribution < 1.29 is 24.5 Å². The molecule has 1 aromatic rings. The normalized spacial score (nSPS) is 21.4. The Morgan fingerprint density at radius 2 is 1.82 bits per heavy atom. The molecule has 40 heavy (non-hydrogen) atoms. The Kier molecular flexibility index (Phi) is 11.6. The van der Waals surface area contributed by atoms with Crippen molar-refractivity contribution in [2.45, 2.75) is 91.9 Å². The van der Waals surface area contributed by atoms with Crippen molar-refractivity contribution >= 4 is 22.5 Å². The van der Waals surface area contributed by atoms with Crippen LogP contribution in [-0.4, -0.2) is 46.5 Å². The summed E-state index contributed by atoms with van der Waals surface area (Å²) in [6.07, 6.45) is 11.8. The number of aliphatic hydroxyl groups excluding tert-OH is 2. The van der Waals surface area contributed by atoms with Crippen molar-refractivity contribution in [3.05, 3.63) is 59.4 Å². The summed E-state index contributed by atoms with van der Waals surface area (Å²) in [6.45, 7) is 16.8. The number of fused-ring (bicyclic) bond motifs is 1. The van der Waals surface area contributed by atoms with Gasteiger partial charge in [0.2, 0.25) is 5.12 Å². The highest BCUT2D eigenvalue weighted by atomic mass is 32.2. The van der Waals surface area contributed by atoms with Crippen molar-refractivity contribution in [2.24, 2.45) is 22.7 Å². The van der Waals surface area contributed by atoms with Crippen LogP contribution in [0.4, 0.5) is 0 Å². The van der Waals surface area contributed by atoms with Crippen LogP contribution in [0.5, 0.6) is 5.75 Å². The van der Waals surface area contributed by atoms with E-state index in [9.17, 15) is 9.90 Å². The fourth-order valence-electron chi connectivity index (χ4n) is 5.63. The van der Waals surface area contributed by atoms with Crippen LogP contribution in [0.1, 0.15) is 85.3 Å². The van der Waals surface area contributed by atoms with Gasteiger partial charge in [-0.1, -0.05) is 84.9 Å². The van der Waals surface area contributed by atoms with Crippen molar-refractivity contribution in [1.82, 2.24) is 0 Å². The summed E-state index contributed by atoms with van der Waals surface area (Å²) in [5.74, 6) is 2.15. The zero-order valence-electron chi connectivity index (χ0n) is 25.5. The number of benzene rings is 1. The minimum absolute atomic E-state index is 0.0157. The minimum Gasteiger partial charge on any atom is -0.493 e. The Morgan fingerprint density at radius 3 is 2.48 bits per heavy atom. The fraction of sp³-hybridized carbons (Fsp3) is 0.618. The minimum atomic E-state index is -0.515. The van der Waals surface area contributed by atoms with Crippen molar-refractivity contribution in [3.8, 4) is 5.75 Å². The highest BCUT2D eigenvalue weighted by molar-refractivity contribution is 8.15. The third-order valence-corrected chi connectivity index (χ3v) is 10.2. The molecule has 0 saturated heterocycles. The molecule has 0 bridgehead atoms. The molecule has 1 aliphatic heterocycles. The van der Waals surface area contributed by atoms with Crippen LogP contribution >= 0.6 is 11.8 Å². The summed E-state index contributed by atoms with van der Waals surface area (Å²) in [5, 5.41) is 19.7. The molecule has 0 fully saturated rings. The van der Waals surface area contributed by atoms with Gasteiger partial charge in [0, 0.05) is 29.8 Å². The lowest BCUT2D eigenvalue weighted by molar-refractivity contribution is -0.106. The molecule has 0 aromatic heterocycles. The molecule has 6 heteroatoms. The third-order valence-electron chi connectivity index (χ3n) is 9.00. The first-order chi connectivity index (χ1) is 18.9. The van der Waals surface area contributed by atoms with E-state index in [1.807, 2.05) is 30.4 Å². The molecule has 2 aliphatic rings. The Balaban J connectivity index is 1.58. The molecule has 222 valence electrons. The second kappa shape index (κ2) is 14.2. The van der Waals surface area contributed by atoms with Gasteiger partial charge in [0.1, 0.15) is 18.1 Å². The predicted octanol–water partition coefficient (Wildman–Crippen LogP) is 7.36. The van der Waals surface area contributed by atoms with E-state index in [0.717, 1.165) is 47.5 Å². The molecule has 4 unspecified atom stereocenters. The maximum Gasteiger partial charge on any atom is 0.220 e. The molecule has 3 rings (SSSR count). The molecule has 5 nitrogen and oxygen atoms in total. The van der Waals surface area contributed by atoms with Crippen LogP contribution < -0.4 is 4.74 Å². The van der Waals surface area contributed by atoms with Gasteiger partial charge in [-0.05, 0) is 71.4 Å². The van der Waals surface area contributed by atoms with Gasteiger partial charge in [0.25, 0.3) is 0 Å². The van der Waals surface area contributed by atoms with E-state index >= 15 is 0 Å². The van der Waals surface area contributed by atoms with Crippen LogP contribution in [0.3, 0.4) is 0 Å². The quantitative estimate of drug-likeness (QED) is 0.228. The Morgan fingerprint density at radius 1 is 1.07 bits per heavy atom. The number of hydrogen-bond acceptors (Lipinski definition) is 6. The SMILES string of the molecule is CCc1cc(OCCCO)ccc1C1=CC2C=CC(OCC(O)CCCC(C)(C(C)C)C(C)(C)C)=CC2SC1=O. The Bertz CT molecular complexity index is 1100. The highest BCUT2D eigenvalue weighted by Crippen LogP contribution is 2.48. The maximum atomic E-state index is 13.2. The summed E-state index contributed by atoms with van der Waals surface area (Å²) in [5.41, 5.74) is 3.19. The van der Waals surface area contributed by atoms with Gasteiger partial charge in [-0.25, -0.2) is 0 Å². The van der Waals surface area contributed by atoms with E-state index in [1.165, 1.54) is 11.8 Å². The van der Waals surface area contributed by atoms with Gasteiger partial charge in [0.05, 0.1) is 12.7 Å². The van der Waals surface area contributed by atoms with Gasteiger partial charge in [-0.15, -0.1) is 0 Å². The van der Waals surface area contributed by atoms with Gasteiger partial charge in [-0.3, -0.25) is 4.79 Å². The van der Waals surface area contributed by atoms with Crippen molar-refractivity contribution in [2.75, 3.05) is 19.8 Å². The molecule has 0 amide bonds. The first-order valence-electron chi connectivity index (χ1n) is 14.9. The molecular formula is C34H50O5S. The molecule has 1 aromatic carbocycles. The number of hydrogen-bond donors (Lipinski definition) is 2. The van der Waals surface area contributed by atoms with Crippen LogP contribution in [0, 0.1) is 22.7 Å². The van der Waals surface area contributed by atoms with Crippen LogP contribution in [0.15, 0.2) is 48.3 Å². The van der Waals surface area contributed by atoms with Crippen molar-refractivity contribution in [3.63, 3.8) is 0 Å². The summed E-state index contributed by atoms with van der Waals surface area (Å²) in [6, 6.07) is 5.87. The standard InChI is InChI=1S/C34H50O5S/c1-8-24-19-27(38-18-10-17-35)14-15-29(24)30-20-25-12-13-28(21-31(25)40-32(30)37)39-22-26(36)11-9-16-34(7,23(2)3)33(4,5)6/h12-15,19-21,23,25-26,31,35-36H,8-11,16-18,22H2,1-7H3. The van der Waals surface area contributed by atoms with Gasteiger partial charge in [-0.2, -0.15) is 0 Å². The van der Waals surface area contributed by atoms with Crippen LogP contribution in [0.25, 0.3) is 5.57 Å². The summed E-state index contributed by atoms with van der Waals surface area (Å²) < 4.78 is 11.7. The first kappa shape index (κ1) is 32.5. The number of carbonyl (C=O) groups excluding carboxylic acids is 1. The van der Waals surface area contributed by atoms with E-state index in [2.05, 4.69) is 60.6 Å². The zero-order chi connectivity index (χ0) is 29.5. The monoisotopic (exact) mass is 570 g/mol. The largest absolute Gasteiger partial charge is 0.493 e. The van der Waals surface area contributed by atoms with Gasteiger partial charge < -0.3 is 19.7 Å². The number of thioether (sulfide) groups is 1. The lowest BCUT2D eigenvalue weighted by atomic mass is 9.59. The molecule has 1 heterocycles. The molecule has 1 aliphatic carbocycles. The van der Waals surface area contributed by atoms with Crippen LogP contribution in [-0.2, 0) is 16.0 Å². The average Bonchev–Trinajstić information content (AvgIpc) is 2.90. The van der Waals surface area contributed by atoms with E-state index in [1.54, 1.807) is 0 Å². The molecule has 2 N–H and O–H groups in total. The van der Waals surface area contributed by atoms with E-state index in [4.69, 9.17) is 14.6 Å². The predicted molar refractivity (Wildman–Crippen MR) is 166 cm³/mol. The smallest absolute Gasteiger partial charge is 0.220 e. The molecule has 0 spiro atoms. The van der Waals surface area contributed by atoms with Gasteiger partial charge in [0.15, 0.2) is 0 Å². The lowest BCUT2D eigenvalue weighted by Gasteiger charge is -2.46. The summed E-state index contributed by atoms with van der Waals surface area (Å²) in [7, 11) is 0. The number of aliphatic hydroxyl groups is 2. The van der Waals surface area contributed by atoms with E-state index < -0.39 is 6.10 Å². The van der Waals surface area contributed by atoms with Crippen LogP contribution in [0.2, 0.25) is 0 Å². The number of rotatable bonds is 14. The summed E-state index contributed by atoms with van der Waals surface area (Å²) >= 11 is 1.34. The number of carbonyl (C=O) groups is 1. The molecule has 0 saturated carbocycles. The average molecular weight is 571 g/mol. The number of ether oxygens (including phenoxy) is 2. The number of aryl methyl sites for hydroxylation is 1. The molecular weight excluding hydrogens is 520 g/mol. The van der Waals surface area contributed by atoms with E-state index in [0.29, 0.717) is 25.4 Å². The number of allylic oxidation sites excluding steroid dienone is 3. The zero-order valence-corrected chi connectivity index (χ0v) is 26.4. The molecule has 4 atom stereocenters. The topological polar surface area (TPSA) is 76.0 Å². The Labute approximate surface area is 246 Å².